The lowest BCUT2D eigenvalue weighted by molar-refractivity contribution is -0.117. The first kappa shape index (κ1) is 14.6. The van der Waals surface area contributed by atoms with Crippen molar-refractivity contribution in [1.29, 1.82) is 0 Å². The minimum atomic E-state index is -0.697. The van der Waals surface area contributed by atoms with Crippen molar-refractivity contribution in [2.45, 2.75) is 13.0 Å². The van der Waals surface area contributed by atoms with E-state index in [-0.39, 0.29) is 5.91 Å². The number of amides is 1. The van der Waals surface area contributed by atoms with Crippen molar-refractivity contribution in [1.82, 2.24) is 4.98 Å². The van der Waals surface area contributed by atoms with Crippen LogP contribution in [0.15, 0.2) is 69.9 Å². The van der Waals surface area contributed by atoms with Gasteiger partial charge in [0.2, 0.25) is 5.13 Å². The second-order valence-corrected chi connectivity index (χ2v) is 6.32. The highest BCUT2D eigenvalue weighted by Crippen LogP contribution is 2.29. The van der Waals surface area contributed by atoms with Gasteiger partial charge < -0.3 is 0 Å². The van der Waals surface area contributed by atoms with Crippen LogP contribution in [0.1, 0.15) is 6.92 Å². The summed E-state index contributed by atoms with van der Waals surface area (Å²) in [7, 11) is 0. The van der Waals surface area contributed by atoms with Gasteiger partial charge in [-0.05, 0) is 31.2 Å². The zero-order valence-electron chi connectivity index (χ0n) is 12.8. The molecular formula is C17H13N5OS. The van der Waals surface area contributed by atoms with E-state index in [2.05, 4.69) is 20.3 Å². The number of aromatic nitrogens is 1. The van der Waals surface area contributed by atoms with Gasteiger partial charge in [0, 0.05) is 0 Å². The fraction of sp³-hybridized carbons (Fsp3) is 0.118. The minimum Gasteiger partial charge on any atom is -0.269 e. The molecule has 3 aromatic rings. The maximum Gasteiger partial charge on any atom is 0.280 e. The molecule has 6 nitrogen and oxygen atoms in total. The van der Waals surface area contributed by atoms with Gasteiger partial charge in [-0.2, -0.15) is 15.2 Å². The molecule has 2 heterocycles. The quantitative estimate of drug-likeness (QED) is 0.674. The maximum atomic E-state index is 12.6. The van der Waals surface area contributed by atoms with Gasteiger partial charge in [-0.3, -0.25) is 4.79 Å². The lowest BCUT2D eigenvalue weighted by Crippen LogP contribution is -2.29. The Balaban J connectivity index is 1.58. The Hall–Kier alpha value is -2.93. The number of nitrogens with zero attached hydrogens (tertiary/aromatic N) is 5. The van der Waals surface area contributed by atoms with Gasteiger partial charge in [0.1, 0.15) is 0 Å². The molecule has 4 rings (SSSR count). The Bertz CT molecular complexity index is 930. The molecule has 0 radical (unpaired) electrons. The monoisotopic (exact) mass is 335 g/mol. The van der Waals surface area contributed by atoms with Crippen molar-refractivity contribution in [3.05, 3.63) is 54.6 Å². The molecule has 1 aliphatic heterocycles. The van der Waals surface area contributed by atoms with Gasteiger partial charge in [0.15, 0.2) is 6.04 Å². The summed E-state index contributed by atoms with van der Waals surface area (Å²) in [6.07, 6.45) is 0. The van der Waals surface area contributed by atoms with E-state index >= 15 is 0 Å². The zero-order valence-corrected chi connectivity index (χ0v) is 13.6. The van der Waals surface area contributed by atoms with Crippen LogP contribution in [0, 0.1) is 0 Å². The molecule has 1 amide bonds. The number of hydrogen-bond donors (Lipinski definition) is 0. The third-order valence-corrected chi connectivity index (χ3v) is 4.56. The second kappa shape index (κ2) is 5.93. The normalized spacial score (nSPS) is 17.9. The highest BCUT2D eigenvalue weighted by atomic mass is 32.1. The van der Waals surface area contributed by atoms with Gasteiger partial charge in [-0.25, -0.2) is 4.98 Å². The lowest BCUT2D eigenvalue weighted by atomic mass is 10.2. The van der Waals surface area contributed by atoms with Gasteiger partial charge in [-0.1, -0.05) is 41.7 Å². The molecule has 0 saturated heterocycles. The largest absolute Gasteiger partial charge is 0.280 e. The van der Waals surface area contributed by atoms with E-state index in [0.717, 1.165) is 15.9 Å². The number of carbonyl (C=O) groups is 1. The molecule has 24 heavy (non-hydrogen) atoms. The highest BCUT2D eigenvalue weighted by Gasteiger charge is 2.34. The van der Waals surface area contributed by atoms with E-state index in [9.17, 15) is 4.79 Å². The van der Waals surface area contributed by atoms with E-state index in [1.165, 1.54) is 16.3 Å². The molecule has 2 aromatic carbocycles. The lowest BCUT2D eigenvalue weighted by Gasteiger charge is -2.11. The molecule has 0 unspecified atom stereocenters. The number of thiazole rings is 1. The highest BCUT2D eigenvalue weighted by molar-refractivity contribution is 7.21. The number of benzene rings is 2. The topological polar surface area (TPSA) is 70.3 Å². The van der Waals surface area contributed by atoms with Crippen molar-refractivity contribution in [2.24, 2.45) is 15.3 Å². The van der Waals surface area contributed by atoms with Gasteiger partial charge in [-0.15, -0.1) is 5.11 Å². The van der Waals surface area contributed by atoms with Crippen LogP contribution in [0.2, 0.25) is 0 Å². The molecular weight excluding hydrogens is 322 g/mol. The minimum absolute atomic E-state index is 0.205. The third-order valence-electron chi connectivity index (χ3n) is 3.64. The fourth-order valence-electron chi connectivity index (χ4n) is 2.45. The van der Waals surface area contributed by atoms with Crippen molar-refractivity contribution in [2.75, 3.05) is 5.01 Å². The second-order valence-electron chi connectivity index (χ2n) is 5.31. The molecule has 0 spiro atoms. The van der Waals surface area contributed by atoms with Crippen LogP contribution in [0.4, 0.5) is 10.8 Å². The molecule has 0 N–H and O–H groups in total. The summed E-state index contributed by atoms with van der Waals surface area (Å²) in [4.78, 5) is 16.9. The smallest absolute Gasteiger partial charge is 0.269 e. The number of para-hydroxylation sites is 2. The predicted octanol–water partition coefficient (Wildman–Crippen LogP) is 4.17. The van der Waals surface area contributed by atoms with Crippen molar-refractivity contribution < 1.29 is 4.79 Å². The summed E-state index contributed by atoms with van der Waals surface area (Å²) in [6, 6.07) is 16.4. The first-order chi connectivity index (χ1) is 11.7. The van der Waals surface area contributed by atoms with E-state index in [1.807, 2.05) is 54.6 Å². The summed E-state index contributed by atoms with van der Waals surface area (Å²) >= 11 is 1.44. The van der Waals surface area contributed by atoms with Crippen LogP contribution in [-0.2, 0) is 4.79 Å². The number of rotatable bonds is 3. The summed E-state index contributed by atoms with van der Waals surface area (Å²) < 4.78 is 1.04. The van der Waals surface area contributed by atoms with Crippen molar-refractivity contribution >= 4 is 44.0 Å². The van der Waals surface area contributed by atoms with Crippen LogP contribution >= 0.6 is 11.3 Å². The van der Waals surface area contributed by atoms with Crippen molar-refractivity contribution in [3.8, 4) is 0 Å². The van der Waals surface area contributed by atoms with Crippen molar-refractivity contribution in [3.63, 3.8) is 0 Å². The Morgan fingerprint density at radius 2 is 1.83 bits per heavy atom. The Kier molecular flexibility index (Phi) is 3.62. The Morgan fingerprint density at radius 3 is 2.62 bits per heavy atom. The molecule has 118 valence electrons. The van der Waals surface area contributed by atoms with E-state index in [4.69, 9.17) is 0 Å². The van der Waals surface area contributed by atoms with E-state index < -0.39 is 6.04 Å². The maximum absolute atomic E-state index is 12.6. The van der Waals surface area contributed by atoms with Crippen LogP contribution < -0.4 is 5.01 Å². The summed E-state index contributed by atoms with van der Waals surface area (Å²) in [5.41, 5.74) is 2.22. The number of azo groups is 1. The molecule has 7 heteroatoms. The zero-order chi connectivity index (χ0) is 16.5. The van der Waals surface area contributed by atoms with Crippen LogP contribution in [0.3, 0.4) is 0 Å². The summed E-state index contributed by atoms with van der Waals surface area (Å²) in [6.45, 7) is 1.78. The molecule has 0 fully saturated rings. The first-order valence-electron chi connectivity index (χ1n) is 7.43. The van der Waals surface area contributed by atoms with Gasteiger partial charge >= 0.3 is 0 Å². The average molecular weight is 335 g/mol. The first-order valence-corrected chi connectivity index (χ1v) is 8.24. The molecule has 0 aliphatic carbocycles. The number of hydrogen-bond acceptors (Lipinski definition) is 6. The molecule has 1 aromatic heterocycles. The Morgan fingerprint density at radius 1 is 1.08 bits per heavy atom. The summed E-state index contributed by atoms with van der Waals surface area (Å²) in [5.74, 6) is -0.205. The molecule has 0 bridgehead atoms. The molecule has 0 saturated carbocycles. The number of hydrazone groups is 1. The Labute approximate surface area is 142 Å². The molecule has 1 aliphatic rings. The van der Waals surface area contributed by atoms with E-state index in [1.54, 1.807) is 6.92 Å². The van der Waals surface area contributed by atoms with Gasteiger partial charge in [0.25, 0.3) is 5.91 Å². The average Bonchev–Trinajstić information content (AvgIpc) is 3.14. The van der Waals surface area contributed by atoms with E-state index in [0.29, 0.717) is 10.8 Å². The number of fused-ring (bicyclic) bond motifs is 1. The summed E-state index contributed by atoms with van der Waals surface area (Å²) in [5, 5.41) is 14.6. The number of carbonyl (C=O) groups excluding carboxylic acids is 1. The predicted molar refractivity (Wildman–Crippen MR) is 95.0 cm³/mol. The van der Waals surface area contributed by atoms with Crippen LogP contribution in [-0.4, -0.2) is 22.6 Å². The standard InChI is InChI=1S/C17H13N5OS/c1-11-15(16(23)22(21-11)12-7-3-2-4-8-12)19-20-17-18-13-9-5-6-10-14(13)24-17/h2-10,15H,1H3/t15-/m1/s1. The SMILES string of the molecule is CC1=NN(c2ccccc2)C(=O)[C@@H]1N=Nc1nc2ccccc2s1. The fourth-order valence-corrected chi connectivity index (χ4v) is 3.25. The third kappa shape index (κ3) is 2.59. The van der Waals surface area contributed by atoms with Crippen LogP contribution in [0.25, 0.3) is 10.2 Å². The van der Waals surface area contributed by atoms with Gasteiger partial charge in [0.05, 0.1) is 21.6 Å². The van der Waals surface area contributed by atoms with Crippen LogP contribution in [0.5, 0.6) is 0 Å². The number of anilines is 1. The molecule has 1 atom stereocenters.